The average molecular weight is 376 g/mol. The van der Waals surface area contributed by atoms with Crippen LogP contribution >= 0.6 is 11.6 Å². The summed E-state index contributed by atoms with van der Waals surface area (Å²) in [6.45, 7) is 1.89. The van der Waals surface area contributed by atoms with Crippen molar-refractivity contribution in [2.75, 3.05) is 0 Å². The van der Waals surface area contributed by atoms with Gasteiger partial charge in [0.25, 0.3) is 0 Å². The molecule has 0 spiro atoms. The molecule has 1 N–H and O–H groups in total. The molecule has 0 heterocycles. The van der Waals surface area contributed by atoms with E-state index in [4.69, 9.17) is 11.6 Å². The first-order valence-corrected chi connectivity index (χ1v) is 9.81. The Labute approximate surface area is 152 Å². The summed E-state index contributed by atoms with van der Waals surface area (Å²) in [7, 11) is -3.78. The summed E-state index contributed by atoms with van der Waals surface area (Å²) < 4.78 is 28.3. The van der Waals surface area contributed by atoms with Gasteiger partial charge in [0.15, 0.2) is 5.78 Å². The van der Waals surface area contributed by atoms with E-state index < -0.39 is 16.1 Å². The van der Waals surface area contributed by atoms with Crippen LogP contribution in [-0.4, -0.2) is 14.2 Å². The third kappa shape index (κ3) is 4.00. The number of carbonyl (C=O) groups excluding carboxylic acids is 1. The zero-order valence-corrected chi connectivity index (χ0v) is 15.3. The monoisotopic (exact) mass is 375 g/mol. The number of Topliss-reactive ketones (excluding diaryl/α,β-unsaturated/α-hetero) is 1. The molecule has 1 atom stereocenters. The highest BCUT2D eigenvalue weighted by atomic mass is 35.5. The lowest BCUT2D eigenvalue weighted by atomic mass is 9.98. The van der Waals surface area contributed by atoms with Crippen LogP contribution in [0.1, 0.15) is 30.0 Å². The van der Waals surface area contributed by atoms with Gasteiger partial charge in [0.1, 0.15) is 0 Å². The number of hydrogen-bond acceptors (Lipinski definition) is 3. The van der Waals surface area contributed by atoms with Gasteiger partial charge in [0, 0.05) is 17.0 Å². The lowest BCUT2D eigenvalue weighted by Crippen LogP contribution is -2.31. The van der Waals surface area contributed by atoms with Crippen LogP contribution in [0.5, 0.6) is 0 Å². The maximum absolute atomic E-state index is 12.8. The molecule has 1 unspecified atom stereocenters. The lowest BCUT2D eigenvalue weighted by Gasteiger charge is -2.20. The van der Waals surface area contributed by atoms with Gasteiger partial charge in [0.2, 0.25) is 10.0 Å². The number of sulfonamides is 1. The first-order valence-electron chi connectivity index (χ1n) is 7.94. The highest BCUT2D eigenvalue weighted by Crippen LogP contribution is 2.31. The van der Waals surface area contributed by atoms with Crippen molar-refractivity contribution in [2.24, 2.45) is 0 Å². The quantitative estimate of drug-likeness (QED) is 0.860. The van der Waals surface area contributed by atoms with Crippen LogP contribution in [0.3, 0.4) is 0 Å². The van der Waals surface area contributed by atoms with Crippen LogP contribution < -0.4 is 4.72 Å². The second-order valence-electron chi connectivity index (χ2n) is 6.04. The summed E-state index contributed by atoms with van der Waals surface area (Å²) in [5, 5.41) is 0.489. The second kappa shape index (κ2) is 7.12. The fourth-order valence-corrected chi connectivity index (χ4v) is 4.24. The molecule has 2 aromatic carbocycles. The molecule has 25 heavy (non-hydrogen) atoms. The van der Waals surface area contributed by atoms with E-state index in [-0.39, 0.29) is 10.7 Å². The zero-order valence-electron chi connectivity index (χ0n) is 13.7. The molecule has 130 valence electrons. The molecule has 6 heteroatoms. The highest BCUT2D eigenvalue weighted by Gasteiger charge is 2.30. The Morgan fingerprint density at radius 1 is 1.12 bits per heavy atom. The van der Waals surface area contributed by atoms with E-state index in [9.17, 15) is 13.2 Å². The summed E-state index contributed by atoms with van der Waals surface area (Å²) >= 11 is 6.06. The fourth-order valence-electron chi connectivity index (χ4n) is 2.83. The molecule has 2 aromatic rings. The van der Waals surface area contributed by atoms with E-state index in [0.29, 0.717) is 29.0 Å². The van der Waals surface area contributed by atoms with Gasteiger partial charge in [-0.15, -0.1) is 0 Å². The third-order valence-electron chi connectivity index (χ3n) is 4.15. The maximum Gasteiger partial charge on any atom is 0.241 e. The molecule has 0 radical (unpaired) electrons. The number of nitrogens with one attached hydrogen (secondary N) is 1. The largest absolute Gasteiger partial charge is 0.294 e. The van der Waals surface area contributed by atoms with Gasteiger partial charge in [-0.2, -0.15) is 4.72 Å². The minimum atomic E-state index is -3.78. The number of allylic oxidation sites excluding steroid dienone is 1. The smallest absolute Gasteiger partial charge is 0.241 e. The number of ketones is 1. The van der Waals surface area contributed by atoms with Crippen LogP contribution in [-0.2, 0) is 14.8 Å². The van der Waals surface area contributed by atoms with Crippen molar-refractivity contribution in [3.8, 4) is 0 Å². The Bertz CT molecular complexity index is 933. The van der Waals surface area contributed by atoms with Gasteiger partial charge < -0.3 is 0 Å². The highest BCUT2D eigenvalue weighted by molar-refractivity contribution is 7.89. The summed E-state index contributed by atoms with van der Waals surface area (Å²) in [5.74, 6) is -0.0448. The topological polar surface area (TPSA) is 63.2 Å². The van der Waals surface area contributed by atoms with Gasteiger partial charge >= 0.3 is 0 Å². The lowest BCUT2D eigenvalue weighted by molar-refractivity contribution is -0.115. The maximum atomic E-state index is 12.8. The molecule has 3 rings (SSSR count). The predicted molar refractivity (Wildman–Crippen MR) is 98.0 cm³/mol. The standard InChI is InChI=1S/C19H18ClNO3S/c1-13-8-10-16(11-9-13)25(23,24)21-19(17-6-3-7-18(17)22)14-4-2-5-15(20)12-14/h2,4-6,8-12,19,21H,3,7H2,1H3. The van der Waals surface area contributed by atoms with E-state index in [1.165, 1.54) is 0 Å². The molecule has 0 saturated heterocycles. The van der Waals surface area contributed by atoms with Gasteiger partial charge in [0.05, 0.1) is 10.9 Å². The summed E-state index contributed by atoms with van der Waals surface area (Å²) in [6, 6.07) is 12.7. The van der Waals surface area contributed by atoms with E-state index in [0.717, 1.165) is 5.56 Å². The van der Waals surface area contributed by atoms with Crippen LogP contribution in [0.2, 0.25) is 5.02 Å². The molecular weight excluding hydrogens is 358 g/mol. The van der Waals surface area contributed by atoms with Crippen molar-refractivity contribution in [2.45, 2.75) is 30.7 Å². The van der Waals surface area contributed by atoms with E-state index in [1.807, 2.05) is 6.92 Å². The van der Waals surface area contributed by atoms with Crippen molar-refractivity contribution in [1.82, 2.24) is 4.72 Å². The number of rotatable bonds is 5. The minimum Gasteiger partial charge on any atom is -0.294 e. The third-order valence-corrected chi connectivity index (χ3v) is 5.83. The first kappa shape index (κ1) is 17.9. The van der Waals surface area contributed by atoms with E-state index in [1.54, 1.807) is 54.6 Å². The van der Waals surface area contributed by atoms with Crippen molar-refractivity contribution in [3.05, 3.63) is 76.3 Å². The Hall–Kier alpha value is -1.95. The van der Waals surface area contributed by atoms with Crippen molar-refractivity contribution >= 4 is 27.4 Å². The van der Waals surface area contributed by atoms with Gasteiger partial charge in [-0.1, -0.05) is 47.5 Å². The average Bonchev–Trinajstić information content (AvgIpc) is 2.99. The fraction of sp³-hybridized carbons (Fsp3) is 0.211. The number of halogens is 1. The number of carbonyl (C=O) groups is 1. The zero-order chi connectivity index (χ0) is 18.0. The van der Waals surface area contributed by atoms with Gasteiger partial charge in [-0.05, 0) is 43.2 Å². The molecule has 0 aromatic heterocycles. The Kier molecular flexibility index (Phi) is 5.08. The molecule has 0 bridgehead atoms. The van der Waals surface area contributed by atoms with Crippen molar-refractivity contribution < 1.29 is 13.2 Å². The number of hydrogen-bond donors (Lipinski definition) is 1. The predicted octanol–water partition coefficient (Wildman–Crippen LogP) is 3.96. The second-order valence-corrected chi connectivity index (χ2v) is 8.19. The molecule has 1 aliphatic carbocycles. The molecule has 0 amide bonds. The van der Waals surface area contributed by atoms with Crippen LogP contribution in [0, 0.1) is 6.92 Å². The molecular formula is C19H18ClNO3S. The van der Waals surface area contributed by atoms with E-state index >= 15 is 0 Å². The van der Waals surface area contributed by atoms with Crippen molar-refractivity contribution in [1.29, 1.82) is 0 Å². The Morgan fingerprint density at radius 3 is 2.44 bits per heavy atom. The van der Waals surface area contributed by atoms with Gasteiger partial charge in [-0.25, -0.2) is 8.42 Å². The normalized spacial score (nSPS) is 15.9. The SMILES string of the molecule is Cc1ccc(S(=O)(=O)NC(C2=CCCC2=O)c2cccc(Cl)c2)cc1. The van der Waals surface area contributed by atoms with Gasteiger partial charge in [-0.3, -0.25) is 4.79 Å². The molecule has 1 aliphatic rings. The Morgan fingerprint density at radius 2 is 1.84 bits per heavy atom. The number of aryl methyl sites for hydroxylation is 1. The van der Waals surface area contributed by atoms with E-state index in [2.05, 4.69) is 4.72 Å². The molecule has 0 fully saturated rings. The summed E-state index contributed by atoms with van der Waals surface area (Å²) in [5.41, 5.74) is 2.08. The van der Waals surface area contributed by atoms with Crippen LogP contribution in [0.25, 0.3) is 0 Å². The first-order chi connectivity index (χ1) is 11.9. The van der Waals surface area contributed by atoms with Crippen molar-refractivity contribution in [3.63, 3.8) is 0 Å². The van der Waals surface area contributed by atoms with Crippen LogP contribution in [0.15, 0.2) is 65.1 Å². The summed E-state index contributed by atoms with van der Waals surface area (Å²) in [4.78, 5) is 12.4. The minimum absolute atomic E-state index is 0.0448. The number of benzene rings is 2. The Balaban J connectivity index is 2.00. The molecule has 4 nitrogen and oxygen atoms in total. The van der Waals surface area contributed by atoms with Crippen LogP contribution in [0.4, 0.5) is 0 Å². The molecule has 0 aliphatic heterocycles. The summed E-state index contributed by atoms with van der Waals surface area (Å²) in [6.07, 6.45) is 2.82. The molecule has 0 saturated carbocycles.